The van der Waals surface area contributed by atoms with Crippen LogP contribution in [0.25, 0.3) is 0 Å². The van der Waals surface area contributed by atoms with Gasteiger partial charge in [0.05, 0.1) is 24.5 Å². The van der Waals surface area contributed by atoms with Gasteiger partial charge in [-0.25, -0.2) is 0 Å². The molecule has 0 aromatic heterocycles. The lowest BCUT2D eigenvalue weighted by Crippen LogP contribution is -2.07. The molecule has 0 saturated carbocycles. The second-order valence-corrected chi connectivity index (χ2v) is 3.30. The second kappa shape index (κ2) is 5.04. The minimum atomic E-state index is -0.206. The van der Waals surface area contributed by atoms with Crippen molar-refractivity contribution in [3.8, 4) is 12.1 Å². The summed E-state index contributed by atoms with van der Waals surface area (Å²) in [6.45, 7) is 1.99. The van der Waals surface area contributed by atoms with Gasteiger partial charge in [-0.3, -0.25) is 0 Å². The highest BCUT2D eigenvalue weighted by molar-refractivity contribution is 5.21. The van der Waals surface area contributed by atoms with Crippen molar-refractivity contribution in [2.45, 2.75) is 19.3 Å². The Balaban J connectivity index is 2.80. The van der Waals surface area contributed by atoms with E-state index in [9.17, 15) is 0 Å². The third-order valence-electron chi connectivity index (χ3n) is 2.41. The molecular formula is C12H12N2. The zero-order chi connectivity index (χ0) is 10.4. The third kappa shape index (κ3) is 2.34. The average molecular weight is 184 g/mol. The molecule has 2 heteroatoms. The molecule has 0 radical (unpaired) electrons. The zero-order valence-corrected chi connectivity index (χ0v) is 8.14. The Morgan fingerprint density at radius 3 is 2.36 bits per heavy atom. The predicted octanol–water partition coefficient (Wildman–Crippen LogP) is 2.84. The summed E-state index contributed by atoms with van der Waals surface area (Å²) in [4.78, 5) is 0. The number of nitrogens with zero attached hydrogens (tertiary/aromatic N) is 2. The first-order valence-electron chi connectivity index (χ1n) is 4.61. The third-order valence-corrected chi connectivity index (χ3v) is 2.41. The van der Waals surface area contributed by atoms with E-state index in [0.29, 0.717) is 6.42 Å². The summed E-state index contributed by atoms with van der Waals surface area (Å²) in [7, 11) is 0. The van der Waals surface area contributed by atoms with Gasteiger partial charge < -0.3 is 0 Å². The zero-order valence-electron chi connectivity index (χ0n) is 8.14. The van der Waals surface area contributed by atoms with Crippen LogP contribution in [0.2, 0.25) is 0 Å². The minimum absolute atomic E-state index is 0.126. The van der Waals surface area contributed by atoms with Crippen LogP contribution >= 0.6 is 0 Å². The van der Waals surface area contributed by atoms with Crippen molar-refractivity contribution in [2.24, 2.45) is 5.92 Å². The van der Waals surface area contributed by atoms with Crippen LogP contribution in [0.3, 0.4) is 0 Å². The van der Waals surface area contributed by atoms with Crippen molar-refractivity contribution in [3.63, 3.8) is 0 Å². The maximum atomic E-state index is 8.89. The van der Waals surface area contributed by atoms with Crippen molar-refractivity contribution < 1.29 is 0 Å². The van der Waals surface area contributed by atoms with E-state index in [-0.39, 0.29) is 11.8 Å². The van der Waals surface area contributed by atoms with E-state index < -0.39 is 0 Å². The number of hydrogen-bond acceptors (Lipinski definition) is 2. The Morgan fingerprint density at radius 1 is 1.21 bits per heavy atom. The Kier molecular flexibility index (Phi) is 3.70. The highest BCUT2D eigenvalue weighted by Gasteiger charge is 2.17. The highest BCUT2D eigenvalue weighted by Crippen LogP contribution is 2.25. The van der Waals surface area contributed by atoms with E-state index in [1.165, 1.54) is 0 Å². The maximum absolute atomic E-state index is 8.89. The van der Waals surface area contributed by atoms with Gasteiger partial charge in [0.25, 0.3) is 0 Å². The van der Waals surface area contributed by atoms with Crippen molar-refractivity contribution in [3.05, 3.63) is 35.9 Å². The van der Waals surface area contributed by atoms with Gasteiger partial charge >= 0.3 is 0 Å². The fourth-order valence-electron chi connectivity index (χ4n) is 1.42. The van der Waals surface area contributed by atoms with Gasteiger partial charge in [-0.15, -0.1) is 0 Å². The van der Waals surface area contributed by atoms with Gasteiger partial charge in [0.1, 0.15) is 0 Å². The summed E-state index contributed by atoms with van der Waals surface area (Å²) < 4.78 is 0. The van der Waals surface area contributed by atoms with Crippen molar-refractivity contribution in [1.29, 1.82) is 10.5 Å². The van der Waals surface area contributed by atoms with Crippen LogP contribution in [-0.4, -0.2) is 0 Å². The standard InChI is InChI=1S/C12H12N2/c1-10(12(9-14)7-8-13)11-5-3-2-4-6-11/h2-6,10,12H,7H2,1H3. The van der Waals surface area contributed by atoms with Gasteiger partial charge in [-0.2, -0.15) is 10.5 Å². The summed E-state index contributed by atoms with van der Waals surface area (Å²) >= 11 is 0. The van der Waals surface area contributed by atoms with Crippen LogP contribution in [0, 0.1) is 28.6 Å². The summed E-state index contributed by atoms with van der Waals surface area (Å²) in [5.74, 6) is -0.0803. The van der Waals surface area contributed by atoms with E-state index in [1.807, 2.05) is 43.3 Å². The molecule has 0 amide bonds. The Labute approximate surface area is 84.4 Å². The van der Waals surface area contributed by atoms with E-state index >= 15 is 0 Å². The Morgan fingerprint density at radius 2 is 1.86 bits per heavy atom. The fraction of sp³-hybridized carbons (Fsp3) is 0.333. The lowest BCUT2D eigenvalue weighted by molar-refractivity contribution is 0.565. The molecule has 0 saturated heterocycles. The van der Waals surface area contributed by atoms with E-state index in [1.54, 1.807) is 0 Å². The molecule has 0 aliphatic rings. The van der Waals surface area contributed by atoms with Gasteiger partial charge in [0.2, 0.25) is 0 Å². The number of rotatable bonds is 3. The molecule has 0 aliphatic heterocycles. The molecule has 1 rings (SSSR count). The molecular weight excluding hydrogens is 172 g/mol. The monoisotopic (exact) mass is 184 g/mol. The topological polar surface area (TPSA) is 47.6 Å². The average Bonchev–Trinajstić information content (AvgIpc) is 2.26. The molecule has 1 aromatic carbocycles. The van der Waals surface area contributed by atoms with E-state index in [2.05, 4.69) is 6.07 Å². The first-order chi connectivity index (χ1) is 6.79. The number of hydrogen-bond donors (Lipinski definition) is 0. The quantitative estimate of drug-likeness (QED) is 0.725. The summed E-state index contributed by atoms with van der Waals surface area (Å²) in [5, 5.41) is 17.5. The van der Waals surface area contributed by atoms with Gasteiger partial charge in [0.15, 0.2) is 0 Å². The molecule has 0 N–H and O–H groups in total. The number of nitriles is 2. The second-order valence-electron chi connectivity index (χ2n) is 3.30. The van der Waals surface area contributed by atoms with E-state index in [4.69, 9.17) is 10.5 Å². The largest absolute Gasteiger partial charge is 0.198 e. The molecule has 70 valence electrons. The van der Waals surface area contributed by atoms with Crippen LogP contribution in [0.1, 0.15) is 24.8 Å². The summed E-state index contributed by atoms with van der Waals surface area (Å²) in [5.41, 5.74) is 1.12. The van der Waals surface area contributed by atoms with E-state index in [0.717, 1.165) is 5.56 Å². The van der Waals surface area contributed by atoms with Crippen molar-refractivity contribution >= 4 is 0 Å². The molecule has 0 aliphatic carbocycles. The lowest BCUT2D eigenvalue weighted by atomic mass is 9.87. The van der Waals surface area contributed by atoms with Crippen LogP contribution in [0.5, 0.6) is 0 Å². The summed E-state index contributed by atoms with van der Waals surface area (Å²) in [6, 6.07) is 14.1. The Bertz CT molecular complexity index is 356. The van der Waals surface area contributed by atoms with Gasteiger partial charge in [-0.05, 0) is 11.5 Å². The Hall–Kier alpha value is -1.80. The molecule has 14 heavy (non-hydrogen) atoms. The minimum Gasteiger partial charge on any atom is -0.198 e. The summed E-state index contributed by atoms with van der Waals surface area (Å²) in [6.07, 6.45) is 0.298. The predicted molar refractivity (Wildman–Crippen MR) is 54.2 cm³/mol. The molecule has 1 aromatic rings. The van der Waals surface area contributed by atoms with Crippen LogP contribution in [0.15, 0.2) is 30.3 Å². The molecule has 0 bridgehead atoms. The smallest absolute Gasteiger partial charge is 0.0672 e. The van der Waals surface area contributed by atoms with Crippen LogP contribution in [-0.2, 0) is 0 Å². The van der Waals surface area contributed by atoms with Gasteiger partial charge in [-0.1, -0.05) is 37.3 Å². The van der Waals surface area contributed by atoms with Crippen LogP contribution in [0.4, 0.5) is 0 Å². The van der Waals surface area contributed by atoms with Crippen LogP contribution < -0.4 is 0 Å². The molecule has 0 heterocycles. The molecule has 2 nitrogen and oxygen atoms in total. The lowest BCUT2D eigenvalue weighted by Gasteiger charge is -2.14. The first-order valence-corrected chi connectivity index (χ1v) is 4.61. The normalized spacial score (nSPS) is 13.6. The fourth-order valence-corrected chi connectivity index (χ4v) is 1.42. The SMILES string of the molecule is CC(c1ccccc1)C(C#N)CC#N. The van der Waals surface area contributed by atoms with Gasteiger partial charge in [0, 0.05) is 0 Å². The van der Waals surface area contributed by atoms with Crippen molar-refractivity contribution in [2.75, 3.05) is 0 Å². The molecule has 2 atom stereocenters. The van der Waals surface area contributed by atoms with Crippen molar-refractivity contribution in [1.82, 2.24) is 0 Å². The number of benzene rings is 1. The highest BCUT2D eigenvalue weighted by atomic mass is 14.3. The molecule has 0 fully saturated rings. The molecule has 2 unspecified atom stereocenters. The maximum Gasteiger partial charge on any atom is 0.0672 e. The first kappa shape index (κ1) is 10.3. The molecule has 0 spiro atoms.